The molecule has 0 aliphatic carbocycles. The summed E-state index contributed by atoms with van der Waals surface area (Å²) in [5, 5.41) is 42.6. The second-order valence-corrected chi connectivity index (χ2v) is 6.17. The number of aliphatic hydroxyl groups excluding tert-OH is 4. The van der Waals surface area contributed by atoms with E-state index < -0.39 is 12.1 Å². The molecule has 27 heavy (non-hydrogen) atoms. The minimum Gasteiger partial charge on any atom is -0.464 e. The van der Waals surface area contributed by atoms with Gasteiger partial charge in [-0.3, -0.25) is 0 Å². The van der Waals surface area contributed by atoms with E-state index in [-0.39, 0.29) is 25.5 Å². The first-order valence-electron chi connectivity index (χ1n) is 8.57. The fourth-order valence-corrected chi connectivity index (χ4v) is 3.37. The van der Waals surface area contributed by atoms with E-state index >= 15 is 0 Å². The van der Waals surface area contributed by atoms with Crippen molar-refractivity contribution in [1.82, 2.24) is 10.3 Å². The Balaban J connectivity index is 2.88. The van der Waals surface area contributed by atoms with Crippen LogP contribution in [0.2, 0.25) is 0 Å². The van der Waals surface area contributed by atoms with E-state index in [1.165, 1.54) is 14.0 Å². The molecule has 0 amide bonds. The molecule has 0 spiro atoms. The smallest absolute Gasteiger partial charge is 0.354 e. The van der Waals surface area contributed by atoms with Gasteiger partial charge < -0.3 is 35.5 Å². The molecule has 1 unspecified atom stereocenters. The van der Waals surface area contributed by atoms with Crippen molar-refractivity contribution in [2.45, 2.75) is 39.4 Å². The van der Waals surface area contributed by atoms with Gasteiger partial charge in [0.1, 0.15) is 5.69 Å². The molecule has 8 nitrogen and oxygen atoms in total. The normalized spacial score (nSPS) is 12.3. The summed E-state index contributed by atoms with van der Waals surface area (Å²) in [7, 11) is 3.00. The molecule has 2 aromatic rings. The number of hydrogen-bond donors (Lipinski definition) is 6. The zero-order valence-corrected chi connectivity index (χ0v) is 15.7. The Hall–Kier alpha value is -2.23. The lowest BCUT2D eigenvalue weighted by molar-refractivity contribution is 0.0588. The van der Waals surface area contributed by atoms with Crippen molar-refractivity contribution >= 4 is 5.97 Å². The van der Waals surface area contributed by atoms with Gasteiger partial charge in [-0.15, -0.1) is 0 Å². The summed E-state index contributed by atoms with van der Waals surface area (Å²) < 4.78 is 4.82. The van der Waals surface area contributed by atoms with Crippen LogP contribution in [-0.2, 0) is 31.1 Å². The lowest BCUT2D eigenvalue weighted by Gasteiger charge is -2.18. The molecular weight excluding hydrogens is 352 g/mol. The van der Waals surface area contributed by atoms with Crippen LogP contribution in [0.25, 0.3) is 11.1 Å². The van der Waals surface area contributed by atoms with Gasteiger partial charge in [0.2, 0.25) is 0 Å². The van der Waals surface area contributed by atoms with Crippen molar-refractivity contribution in [3.63, 3.8) is 0 Å². The van der Waals surface area contributed by atoms with Crippen LogP contribution in [-0.4, -0.2) is 45.5 Å². The predicted molar refractivity (Wildman–Crippen MR) is 98.7 cm³/mol. The van der Waals surface area contributed by atoms with Crippen LogP contribution >= 0.6 is 0 Å². The maximum absolute atomic E-state index is 12.2. The minimum atomic E-state index is -0.988. The molecule has 148 valence electrons. The molecule has 0 saturated heterocycles. The first kappa shape index (κ1) is 21.1. The largest absolute Gasteiger partial charge is 0.464 e. The fraction of sp³-hybridized carbons (Fsp3) is 0.421. The molecule has 1 atom stereocenters. The van der Waals surface area contributed by atoms with Crippen LogP contribution in [0.15, 0.2) is 12.1 Å². The number of carbonyl (C=O) groups is 1. The number of benzene rings is 1. The standard InChI is InChI=1S/C19H26N2O6/c1-10(25)16-17(15(6-20-2)21-18(16)19(26)27-3)12-5-4-11(7-22)13(8-23)14(12)9-24/h4-5,10,20-25H,6-9H2,1-3H3. The van der Waals surface area contributed by atoms with Crippen LogP contribution in [0.1, 0.15) is 51.5 Å². The van der Waals surface area contributed by atoms with Crippen molar-refractivity contribution in [3.05, 3.63) is 45.8 Å². The highest BCUT2D eigenvalue weighted by Crippen LogP contribution is 2.38. The number of aromatic nitrogens is 1. The van der Waals surface area contributed by atoms with Gasteiger partial charge in [-0.1, -0.05) is 12.1 Å². The molecule has 0 aliphatic heterocycles. The summed E-state index contributed by atoms with van der Waals surface area (Å²) in [6, 6.07) is 3.35. The molecule has 8 heteroatoms. The second-order valence-electron chi connectivity index (χ2n) is 6.17. The summed E-state index contributed by atoms with van der Waals surface area (Å²) in [5.41, 5.74) is 3.58. The highest BCUT2D eigenvalue weighted by molar-refractivity contribution is 5.93. The van der Waals surface area contributed by atoms with Crippen molar-refractivity contribution in [2.75, 3.05) is 14.2 Å². The van der Waals surface area contributed by atoms with Gasteiger partial charge in [0.05, 0.1) is 33.0 Å². The molecule has 0 bridgehead atoms. The fourth-order valence-electron chi connectivity index (χ4n) is 3.37. The number of aromatic amines is 1. The molecule has 1 aromatic heterocycles. The third-order valence-corrected chi connectivity index (χ3v) is 4.56. The quantitative estimate of drug-likeness (QED) is 0.373. The Kier molecular flexibility index (Phi) is 7.11. The molecule has 0 aliphatic rings. The second kappa shape index (κ2) is 9.12. The Labute approximate surface area is 157 Å². The Morgan fingerprint density at radius 2 is 1.85 bits per heavy atom. The predicted octanol–water partition coefficient (Wildman–Crippen LogP) is 0.718. The molecule has 0 saturated carbocycles. The number of nitrogens with one attached hydrogen (secondary N) is 2. The van der Waals surface area contributed by atoms with Crippen molar-refractivity contribution in [2.24, 2.45) is 0 Å². The Morgan fingerprint density at radius 1 is 1.19 bits per heavy atom. The van der Waals surface area contributed by atoms with Crippen molar-refractivity contribution < 1.29 is 30.0 Å². The van der Waals surface area contributed by atoms with Crippen molar-refractivity contribution in [1.29, 1.82) is 0 Å². The maximum Gasteiger partial charge on any atom is 0.354 e. The van der Waals surface area contributed by atoms with Gasteiger partial charge >= 0.3 is 5.97 Å². The number of carbonyl (C=O) groups excluding carboxylic acids is 1. The highest BCUT2D eigenvalue weighted by atomic mass is 16.5. The topological polar surface area (TPSA) is 135 Å². The summed E-state index contributed by atoms with van der Waals surface area (Å²) in [6.07, 6.45) is -0.988. The van der Waals surface area contributed by atoms with Gasteiger partial charge in [-0.2, -0.15) is 0 Å². The number of hydrogen-bond acceptors (Lipinski definition) is 7. The molecular formula is C19H26N2O6. The van der Waals surface area contributed by atoms with E-state index in [2.05, 4.69) is 10.3 Å². The summed E-state index contributed by atoms with van der Waals surface area (Å²) in [5.74, 6) is -0.616. The number of ether oxygens (including phenoxy) is 1. The lowest BCUT2D eigenvalue weighted by atomic mass is 9.89. The van der Waals surface area contributed by atoms with E-state index in [1.54, 1.807) is 19.2 Å². The third-order valence-electron chi connectivity index (χ3n) is 4.56. The van der Waals surface area contributed by atoms with Crippen LogP contribution in [0.3, 0.4) is 0 Å². The van der Waals surface area contributed by atoms with Gasteiger partial charge in [0.15, 0.2) is 0 Å². The van der Waals surface area contributed by atoms with Crippen LogP contribution in [0, 0.1) is 0 Å². The third kappa shape index (κ3) is 3.90. The Morgan fingerprint density at radius 3 is 2.33 bits per heavy atom. The number of esters is 1. The van der Waals surface area contributed by atoms with E-state index in [0.29, 0.717) is 45.6 Å². The zero-order valence-electron chi connectivity index (χ0n) is 15.7. The summed E-state index contributed by atoms with van der Waals surface area (Å²) >= 11 is 0. The lowest BCUT2D eigenvalue weighted by Crippen LogP contribution is -2.09. The van der Waals surface area contributed by atoms with E-state index in [9.17, 15) is 25.2 Å². The molecule has 2 rings (SSSR count). The van der Waals surface area contributed by atoms with E-state index in [0.717, 1.165) is 0 Å². The number of rotatable bonds is 8. The van der Waals surface area contributed by atoms with Gasteiger partial charge in [-0.05, 0) is 36.2 Å². The summed E-state index contributed by atoms with van der Waals surface area (Å²) in [6.45, 7) is 0.884. The number of methoxy groups -OCH3 is 1. The van der Waals surface area contributed by atoms with Gasteiger partial charge in [0, 0.05) is 23.4 Å². The number of H-pyrrole nitrogens is 1. The van der Waals surface area contributed by atoms with Gasteiger partial charge in [0.25, 0.3) is 0 Å². The van der Waals surface area contributed by atoms with Crippen LogP contribution in [0.5, 0.6) is 0 Å². The monoisotopic (exact) mass is 378 g/mol. The molecule has 0 fully saturated rings. The van der Waals surface area contributed by atoms with Gasteiger partial charge in [-0.25, -0.2) is 4.79 Å². The molecule has 6 N–H and O–H groups in total. The zero-order chi connectivity index (χ0) is 20.1. The van der Waals surface area contributed by atoms with E-state index in [1.807, 2.05) is 0 Å². The summed E-state index contributed by atoms with van der Waals surface area (Å²) in [4.78, 5) is 15.2. The Bertz CT molecular complexity index is 813. The van der Waals surface area contributed by atoms with Crippen LogP contribution < -0.4 is 5.32 Å². The average Bonchev–Trinajstić information content (AvgIpc) is 3.05. The van der Waals surface area contributed by atoms with Crippen molar-refractivity contribution in [3.8, 4) is 11.1 Å². The first-order chi connectivity index (χ1) is 12.9. The minimum absolute atomic E-state index is 0.133. The average molecular weight is 378 g/mol. The first-order valence-corrected chi connectivity index (χ1v) is 8.57. The highest BCUT2D eigenvalue weighted by Gasteiger charge is 2.28. The number of aliphatic hydroxyl groups is 4. The molecule has 0 radical (unpaired) electrons. The van der Waals surface area contributed by atoms with E-state index in [4.69, 9.17) is 4.74 Å². The molecule has 1 heterocycles. The molecule has 1 aromatic carbocycles. The SMILES string of the molecule is CNCc1[nH]c(C(=O)OC)c(C(C)O)c1-c1ccc(CO)c(CO)c1CO. The maximum atomic E-state index is 12.2. The van der Waals surface area contributed by atoms with Crippen LogP contribution in [0.4, 0.5) is 0 Å².